The van der Waals surface area contributed by atoms with E-state index in [1.54, 1.807) is 0 Å². The molecular formula is C10H17Cl3N2O. The lowest BCUT2D eigenvalue weighted by atomic mass is 10.2. The van der Waals surface area contributed by atoms with Crippen LogP contribution in [0.15, 0.2) is 0 Å². The summed E-state index contributed by atoms with van der Waals surface area (Å²) in [5.41, 5.74) is 0. The van der Waals surface area contributed by atoms with Gasteiger partial charge in [-0.15, -0.1) is 0 Å². The van der Waals surface area contributed by atoms with Gasteiger partial charge in [0.15, 0.2) is 0 Å². The topological polar surface area (TPSA) is 32.3 Å². The van der Waals surface area contributed by atoms with E-state index in [1.165, 1.54) is 0 Å². The molecule has 1 aliphatic heterocycles. The lowest BCUT2D eigenvalue weighted by Gasteiger charge is -2.33. The maximum absolute atomic E-state index is 11.6. The average Bonchev–Trinajstić information content (AvgIpc) is 2.63. The molecule has 1 aliphatic rings. The second kappa shape index (κ2) is 5.76. The first-order chi connectivity index (χ1) is 7.32. The van der Waals surface area contributed by atoms with E-state index in [4.69, 9.17) is 34.8 Å². The first-order valence-corrected chi connectivity index (χ1v) is 6.57. The molecular weight excluding hydrogens is 270 g/mol. The van der Waals surface area contributed by atoms with E-state index in [0.29, 0.717) is 0 Å². The summed E-state index contributed by atoms with van der Waals surface area (Å²) in [5, 5.41) is 2.79. The minimum Gasteiger partial charge on any atom is -0.336 e. The molecule has 94 valence electrons. The average molecular weight is 288 g/mol. The van der Waals surface area contributed by atoms with Crippen molar-refractivity contribution in [3.05, 3.63) is 0 Å². The Morgan fingerprint density at radius 1 is 1.25 bits per heavy atom. The van der Waals surface area contributed by atoms with Gasteiger partial charge in [-0.3, -0.25) is 9.69 Å². The smallest absolute Gasteiger partial charge is 0.223 e. The van der Waals surface area contributed by atoms with Gasteiger partial charge in [0.25, 0.3) is 0 Å². The zero-order chi connectivity index (χ0) is 12.3. The van der Waals surface area contributed by atoms with Gasteiger partial charge >= 0.3 is 0 Å². The second-order valence-electron chi connectivity index (χ2n) is 4.35. The Balaban J connectivity index is 2.68. The summed E-state index contributed by atoms with van der Waals surface area (Å²) in [5.74, 6) is -0.208. The fraction of sp³-hybridized carbons (Fsp3) is 0.900. The van der Waals surface area contributed by atoms with Crippen LogP contribution in [0.4, 0.5) is 0 Å². The molecule has 1 atom stereocenters. The number of nitrogens with zero attached hydrogens (tertiary/aromatic N) is 1. The maximum Gasteiger partial charge on any atom is 0.223 e. The van der Waals surface area contributed by atoms with Gasteiger partial charge in [-0.05, 0) is 12.8 Å². The summed E-state index contributed by atoms with van der Waals surface area (Å²) in [6.07, 6.45) is 1.62. The number of halogens is 3. The van der Waals surface area contributed by atoms with Gasteiger partial charge in [0.1, 0.15) is 6.17 Å². The molecule has 0 radical (unpaired) electrons. The van der Waals surface area contributed by atoms with Crippen molar-refractivity contribution in [3.8, 4) is 0 Å². The van der Waals surface area contributed by atoms with Gasteiger partial charge < -0.3 is 5.32 Å². The number of carbonyl (C=O) groups is 1. The van der Waals surface area contributed by atoms with E-state index in [0.717, 1.165) is 25.9 Å². The van der Waals surface area contributed by atoms with E-state index >= 15 is 0 Å². The predicted octanol–water partition coefficient (Wildman–Crippen LogP) is 2.55. The molecule has 1 fully saturated rings. The quantitative estimate of drug-likeness (QED) is 0.809. The van der Waals surface area contributed by atoms with Crippen LogP contribution in [0.25, 0.3) is 0 Å². The van der Waals surface area contributed by atoms with E-state index in [9.17, 15) is 4.79 Å². The summed E-state index contributed by atoms with van der Waals surface area (Å²) in [7, 11) is 0. The summed E-state index contributed by atoms with van der Waals surface area (Å²) in [6.45, 7) is 5.34. The summed E-state index contributed by atoms with van der Waals surface area (Å²) < 4.78 is -1.49. The molecule has 16 heavy (non-hydrogen) atoms. The molecule has 1 unspecified atom stereocenters. The van der Waals surface area contributed by atoms with Crippen molar-refractivity contribution in [2.45, 2.75) is 36.6 Å². The van der Waals surface area contributed by atoms with Crippen LogP contribution in [0.1, 0.15) is 26.7 Å². The molecule has 0 saturated carbocycles. The van der Waals surface area contributed by atoms with Gasteiger partial charge in [-0.2, -0.15) is 0 Å². The summed E-state index contributed by atoms with van der Waals surface area (Å²) in [6, 6.07) is 0. The number of hydrogen-bond acceptors (Lipinski definition) is 2. The second-order valence-corrected chi connectivity index (χ2v) is 6.72. The number of rotatable bonds is 3. The van der Waals surface area contributed by atoms with Crippen LogP contribution in [0.2, 0.25) is 0 Å². The third kappa shape index (κ3) is 3.95. The lowest BCUT2D eigenvalue weighted by Crippen LogP contribution is -2.55. The van der Waals surface area contributed by atoms with Crippen molar-refractivity contribution in [2.24, 2.45) is 5.92 Å². The fourth-order valence-electron chi connectivity index (χ4n) is 1.68. The predicted molar refractivity (Wildman–Crippen MR) is 67.9 cm³/mol. The van der Waals surface area contributed by atoms with Crippen LogP contribution in [0.3, 0.4) is 0 Å². The van der Waals surface area contributed by atoms with Crippen molar-refractivity contribution in [3.63, 3.8) is 0 Å². The van der Waals surface area contributed by atoms with Crippen molar-refractivity contribution in [1.29, 1.82) is 0 Å². The van der Waals surface area contributed by atoms with E-state index in [2.05, 4.69) is 5.32 Å². The molecule has 0 aromatic rings. The van der Waals surface area contributed by atoms with Crippen molar-refractivity contribution < 1.29 is 4.79 Å². The highest BCUT2D eigenvalue weighted by molar-refractivity contribution is 6.68. The Hall–Kier alpha value is 0.300. The normalized spacial score (nSPS) is 20.1. The van der Waals surface area contributed by atoms with E-state index in [-0.39, 0.29) is 11.8 Å². The first-order valence-electron chi connectivity index (χ1n) is 5.43. The molecule has 6 heteroatoms. The highest BCUT2D eigenvalue weighted by Gasteiger charge is 2.39. The van der Waals surface area contributed by atoms with Gasteiger partial charge in [0.05, 0.1) is 0 Å². The van der Waals surface area contributed by atoms with Crippen molar-refractivity contribution >= 4 is 40.7 Å². The van der Waals surface area contributed by atoms with E-state index in [1.807, 2.05) is 18.7 Å². The zero-order valence-corrected chi connectivity index (χ0v) is 11.7. The van der Waals surface area contributed by atoms with Gasteiger partial charge in [-0.25, -0.2) is 0 Å². The fourth-order valence-corrected chi connectivity index (χ4v) is 2.26. The number of likely N-dealkylation sites (tertiary alicyclic amines) is 1. The Morgan fingerprint density at radius 3 is 2.12 bits per heavy atom. The number of carbonyl (C=O) groups excluding carboxylic acids is 1. The number of amides is 1. The molecule has 0 bridgehead atoms. The molecule has 1 N–H and O–H groups in total. The van der Waals surface area contributed by atoms with Crippen LogP contribution in [-0.2, 0) is 4.79 Å². The molecule has 1 rings (SSSR count). The van der Waals surface area contributed by atoms with Crippen molar-refractivity contribution in [2.75, 3.05) is 13.1 Å². The van der Waals surface area contributed by atoms with Crippen LogP contribution in [0.5, 0.6) is 0 Å². The minimum absolute atomic E-state index is 0.0942. The SMILES string of the molecule is CC(C)C(=O)NC(N1CCCC1)C(Cl)(Cl)Cl. The highest BCUT2D eigenvalue weighted by atomic mass is 35.6. The summed E-state index contributed by atoms with van der Waals surface area (Å²) >= 11 is 17.7. The molecule has 0 spiro atoms. The molecule has 1 saturated heterocycles. The maximum atomic E-state index is 11.6. The lowest BCUT2D eigenvalue weighted by molar-refractivity contribution is -0.125. The van der Waals surface area contributed by atoms with Crippen LogP contribution in [-0.4, -0.2) is 33.9 Å². The Kier molecular flexibility index (Phi) is 5.17. The largest absolute Gasteiger partial charge is 0.336 e. The third-order valence-electron chi connectivity index (χ3n) is 2.62. The minimum atomic E-state index is -1.49. The van der Waals surface area contributed by atoms with Crippen LogP contribution < -0.4 is 5.32 Å². The molecule has 1 heterocycles. The van der Waals surface area contributed by atoms with Gasteiger partial charge in [-0.1, -0.05) is 48.7 Å². The van der Waals surface area contributed by atoms with E-state index < -0.39 is 9.96 Å². The Morgan fingerprint density at radius 2 is 1.75 bits per heavy atom. The third-order valence-corrected chi connectivity index (χ3v) is 3.24. The molecule has 0 aromatic heterocycles. The highest BCUT2D eigenvalue weighted by Crippen LogP contribution is 2.33. The summed E-state index contributed by atoms with van der Waals surface area (Å²) in [4.78, 5) is 13.7. The zero-order valence-electron chi connectivity index (χ0n) is 9.47. The molecule has 1 amide bonds. The Bertz CT molecular complexity index is 247. The number of alkyl halides is 3. The standard InChI is InChI=1S/C10H17Cl3N2O/c1-7(2)8(16)14-9(10(11,12)13)15-5-3-4-6-15/h7,9H,3-6H2,1-2H3,(H,14,16). The first kappa shape index (κ1) is 14.4. The molecule has 0 aromatic carbocycles. The van der Waals surface area contributed by atoms with Crippen molar-refractivity contribution in [1.82, 2.24) is 10.2 Å². The number of nitrogens with one attached hydrogen (secondary N) is 1. The monoisotopic (exact) mass is 286 g/mol. The molecule has 3 nitrogen and oxygen atoms in total. The van der Waals surface area contributed by atoms with Gasteiger partial charge in [0.2, 0.25) is 9.70 Å². The van der Waals surface area contributed by atoms with Crippen LogP contribution >= 0.6 is 34.8 Å². The Labute approximate surface area is 111 Å². The molecule has 0 aliphatic carbocycles. The number of hydrogen-bond donors (Lipinski definition) is 1. The van der Waals surface area contributed by atoms with Gasteiger partial charge in [0, 0.05) is 19.0 Å². The van der Waals surface area contributed by atoms with Crippen LogP contribution in [0, 0.1) is 5.92 Å².